The number of nitrogens with two attached hydrogens (primary N) is 3. The van der Waals surface area contributed by atoms with Crippen molar-refractivity contribution in [2.24, 2.45) is 22.2 Å². The van der Waals surface area contributed by atoms with E-state index in [0.717, 1.165) is 16.7 Å². The summed E-state index contributed by atoms with van der Waals surface area (Å²) in [5.74, 6) is -1.62. The number of nitrogens with one attached hydrogen (secondary N) is 1. The molecule has 9 heteroatoms. The Morgan fingerprint density at radius 3 is 2.31 bits per heavy atom. The van der Waals surface area contributed by atoms with Crippen LogP contribution in [0.2, 0.25) is 0 Å². The van der Waals surface area contributed by atoms with Crippen molar-refractivity contribution in [1.82, 2.24) is 5.32 Å². The van der Waals surface area contributed by atoms with E-state index in [1.165, 1.54) is 0 Å². The summed E-state index contributed by atoms with van der Waals surface area (Å²) in [4.78, 5) is 27.5. The number of hydrogen-bond acceptors (Lipinski definition) is 5. The minimum absolute atomic E-state index is 0.0337. The van der Waals surface area contributed by atoms with Gasteiger partial charge in [-0.05, 0) is 55.5 Å². The van der Waals surface area contributed by atoms with Crippen molar-refractivity contribution in [3.63, 3.8) is 0 Å². The molecule has 0 fully saturated rings. The zero-order valence-corrected chi connectivity index (χ0v) is 15.0. The smallest absolute Gasteiger partial charge is 0.326 e. The topological polar surface area (TPSA) is 177 Å². The largest absolute Gasteiger partial charge is 0.508 e. The Balaban J connectivity index is 2.72. The molecule has 0 aliphatic rings. The average molecular weight is 365 g/mol. The number of phenolic OH excluding ortho intramolecular Hbond substituents is 1. The highest BCUT2D eigenvalue weighted by Crippen LogP contribution is 2.22. The molecule has 0 radical (unpaired) electrons. The number of aliphatic imine (C=N–C) groups is 1. The third-order valence-corrected chi connectivity index (χ3v) is 4.01. The summed E-state index contributed by atoms with van der Waals surface area (Å²) in [6, 6.07) is 1.14. The molecule has 0 spiro atoms. The van der Waals surface area contributed by atoms with Gasteiger partial charge in [-0.1, -0.05) is 0 Å². The number of amides is 1. The quantitative estimate of drug-likeness (QED) is 0.194. The molecule has 1 aromatic carbocycles. The molecule has 0 saturated carbocycles. The number of carbonyl (C=O) groups is 2. The van der Waals surface area contributed by atoms with E-state index in [1.807, 2.05) is 0 Å². The van der Waals surface area contributed by atoms with E-state index < -0.39 is 24.0 Å². The number of guanidine groups is 1. The number of aromatic hydroxyl groups is 1. The second kappa shape index (κ2) is 9.62. The summed E-state index contributed by atoms with van der Waals surface area (Å²) in [5.41, 5.74) is 18.5. The Morgan fingerprint density at radius 2 is 1.81 bits per heavy atom. The molecule has 0 aliphatic heterocycles. The van der Waals surface area contributed by atoms with Gasteiger partial charge >= 0.3 is 5.97 Å². The number of benzene rings is 1. The maximum Gasteiger partial charge on any atom is 0.326 e. The van der Waals surface area contributed by atoms with Gasteiger partial charge in [0, 0.05) is 13.0 Å². The van der Waals surface area contributed by atoms with E-state index in [4.69, 9.17) is 17.2 Å². The number of hydrogen-bond donors (Lipinski definition) is 6. The molecule has 0 unspecified atom stereocenters. The number of aryl methyl sites for hydroxylation is 2. The summed E-state index contributed by atoms with van der Waals surface area (Å²) < 4.78 is 0. The highest BCUT2D eigenvalue weighted by atomic mass is 16.4. The molecule has 0 bridgehead atoms. The molecule has 0 aromatic heterocycles. The van der Waals surface area contributed by atoms with Gasteiger partial charge in [0.2, 0.25) is 5.91 Å². The maximum atomic E-state index is 12.2. The van der Waals surface area contributed by atoms with Gasteiger partial charge in [-0.25, -0.2) is 4.79 Å². The number of carboxylic acids is 1. The lowest BCUT2D eigenvalue weighted by Gasteiger charge is -2.20. The van der Waals surface area contributed by atoms with Crippen LogP contribution in [0.1, 0.15) is 29.5 Å². The molecular weight excluding hydrogens is 338 g/mol. The third kappa shape index (κ3) is 6.60. The SMILES string of the molecule is Cc1cc(O)cc(C)c1C[C@H](NC(=O)[C@@H](N)CCCN=C(N)N)C(=O)O. The van der Waals surface area contributed by atoms with Gasteiger partial charge in [-0.2, -0.15) is 0 Å². The Bertz CT molecular complexity index is 663. The van der Waals surface area contributed by atoms with Gasteiger partial charge in [-0.15, -0.1) is 0 Å². The van der Waals surface area contributed by atoms with Crippen molar-refractivity contribution in [3.05, 3.63) is 28.8 Å². The van der Waals surface area contributed by atoms with Crippen molar-refractivity contribution in [1.29, 1.82) is 0 Å². The molecule has 9 N–H and O–H groups in total. The lowest BCUT2D eigenvalue weighted by Crippen LogP contribution is -2.49. The predicted octanol–water partition coefficient (Wildman–Crippen LogP) is -0.498. The number of rotatable bonds is 9. The number of phenols is 1. The number of carboxylic acid groups (broad SMARTS) is 1. The maximum absolute atomic E-state index is 12.2. The first-order valence-electron chi connectivity index (χ1n) is 8.25. The molecule has 144 valence electrons. The Labute approximate surface area is 152 Å². The first-order valence-corrected chi connectivity index (χ1v) is 8.25. The second-order valence-electron chi connectivity index (χ2n) is 6.22. The van der Waals surface area contributed by atoms with Crippen LogP contribution in [-0.4, -0.2) is 46.7 Å². The molecule has 1 rings (SSSR count). The van der Waals surface area contributed by atoms with Gasteiger partial charge in [0.25, 0.3) is 0 Å². The zero-order valence-electron chi connectivity index (χ0n) is 15.0. The van der Waals surface area contributed by atoms with Crippen molar-refractivity contribution >= 4 is 17.8 Å². The molecule has 2 atom stereocenters. The van der Waals surface area contributed by atoms with Crippen molar-refractivity contribution in [3.8, 4) is 5.75 Å². The number of nitrogens with zero attached hydrogens (tertiary/aromatic N) is 1. The normalized spacial score (nSPS) is 12.9. The van der Waals surface area contributed by atoms with Gasteiger partial charge in [-0.3, -0.25) is 9.79 Å². The van der Waals surface area contributed by atoms with Crippen LogP contribution in [0.15, 0.2) is 17.1 Å². The first kappa shape index (κ1) is 21.2. The summed E-state index contributed by atoms with van der Waals surface area (Å²) in [6.45, 7) is 3.90. The van der Waals surface area contributed by atoms with E-state index in [1.54, 1.807) is 26.0 Å². The highest BCUT2D eigenvalue weighted by Gasteiger charge is 2.24. The van der Waals surface area contributed by atoms with Crippen molar-refractivity contribution in [2.45, 2.75) is 45.2 Å². The lowest BCUT2D eigenvalue weighted by molar-refractivity contribution is -0.142. The van der Waals surface area contributed by atoms with Crippen molar-refractivity contribution in [2.75, 3.05) is 6.54 Å². The van der Waals surface area contributed by atoms with Crippen LogP contribution >= 0.6 is 0 Å². The number of carbonyl (C=O) groups excluding carboxylic acids is 1. The van der Waals surface area contributed by atoms with E-state index in [0.29, 0.717) is 19.4 Å². The second-order valence-corrected chi connectivity index (χ2v) is 6.22. The molecule has 0 heterocycles. The van der Waals surface area contributed by atoms with Crippen LogP contribution < -0.4 is 22.5 Å². The highest BCUT2D eigenvalue weighted by molar-refractivity contribution is 5.87. The van der Waals surface area contributed by atoms with E-state index in [2.05, 4.69) is 10.3 Å². The van der Waals surface area contributed by atoms with Crippen LogP contribution in [0.5, 0.6) is 5.75 Å². The third-order valence-electron chi connectivity index (χ3n) is 4.01. The fourth-order valence-electron chi connectivity index (χ4n) is 2.63. The summed E-state index contributed by atoms with van der Waals surface area (Å²) >= 11 is 0. The van der Waals surface area contributed by atoms with Crippen molar-refractivity contribution < 1.29 is 19.8 Å². The van der Waals surface area contributed by atoms with Crippen LogP contribution in [0.4, 0.5) is 0 Å². The van der Waals surface area contributed by atoms with Gasteiger partial charge in [0.1, 0.15) is 11.8 Å². The Hall–Kier alpha value is -2.81. The predicted molar refractivity (Wildman–Crippen MR) is 98.7 cm³/mol. The zero-order chi connectivity index (χ0) is 19.9. The van der Waals surface area contributed by atoms with E-state index in [9.17, 15) is 19.8 Å². The standard InChI is InChI=1S/C17H27N5O4/c1-9-6-11(23)7-10(2)12(9)8-14(16(25)26)22-15(24)13(18)4-3-5-21-17(19)20/h6-7,13-14,23H,3-5,8,18H2,1-2H3,(H,22,24)(H,25,26)(H4,19,20,21)/t13-,14-/m0/s1. The summed E-state index contributed by atoms with van der Waals surface area (Å²) in [6.07, 6.45) is 0.923. The molecule has 9 nitrogen and oxygen atoms in total. The molecule has 1 amide bonds. The van der Waals surface area contributed by atoms with Crippen LogP contribution in [0.3, 0.4) is 0 Å². The summed E-state index contributed by atoms with van der Waals surface area (Å²) in [7, 11) is 0. The van der Waals surface area contributed by atoms with Crippen LogP contribution in [-0.2, 0) is 16.0 Å². The Kier molecular flexibility index (Phi) is 7.85. The van der Waals surface area contributed by atoms with Gasteiger partial charge in [0.05, 0.1) is 6.04 Å². The average Bonchev–Trinajstić information content (AvgIpc) is 2.52. The minimum Gasteiger partial charge on any atom is -0.508 e. The fraction of sp³-hybridized carbons (Fsp3) is 0.471. The molecule has 1 aromatic rings. The number of aliphatic carboxylic acids is 1. The molecule has 0 saturated heterocycles. The van der Waals surface area contributed by atoms with Crippen LogP contribution in [0, 0.1) is 13.8 Å². The minimum atomic E-state index is -1.15. The van der Waals surface area contributed by atoms with Crippen LogP contribution in [0.25, 0.3) is 0 Å². The lowest BCUT2D eigenvalue weighted by atomic mass is 9.95. The Morgan fingerprint density at radius 1 is 1.23 bits per heavy atom. The van der Waals surface area contributed by atoms with Gasteiger partial charge < -0.3 is 32.7 Å². The molecular formula is C17H27N5O4. The summed E-state index contributed by atoms with van der Waals surface area (Å²) in [5, 5.41) is 21.5. The van der Waals surface area contributed by atoms with E-state index in [-0.39, 0.29) is 18.1 Å². The van der Waals surface area contributed by atoms with Gasteiger partial charge in [0.15, 0.2) is 5.96 Å². The fourth-order valence-corrected chi connectivity index (χ4v) is 2.63. The monoisotopic (exact) mass is 365 g/mol. The van der Waals surface area contributed by atoms with E-state index >= 15 is 0 Å². The molecule has 0 aliphatic carbocycles. The first-order chi connectivity index (χ1) is 12.1. The molecule has 26 heavy (non-hydrogen) atoms.